The van der Waals surface area contributed by atoms with Crippen molar-refractivity contribution in [2.75, 3.05) is 20.7 Å². The molecule has 0 fully saturated rings. The molecule has 3 aromatic rings. The van der Waals surface area contributed by atoms with Crippen LogP contribution in [0, 0.1) is 20.8 Å². The Morgan fingerprint density at radius 3 is 2.52 bits per heavy atom. The van der Waals surface area contributed by atoms with E-state index in [-0.39, 0.29) is 5.97 Å². The van der Waals surface area contributed by atoms with E-state index in [2.05, 4.69) is 37.9 Å². The zero-order valence-corrected chi connectivity index (χ0v) is 19.8. The first kappa shape index (κ1) is 22.7. The predicted molar refractivity (Wildman–Crippen MR) is 129 cm³/mol. The molecule has 0 unspecified atom stereocenters. The lowest BCUT2D eigenvalue weighted by atomic mass is 10.0. The number of methoxy groups -OCH3 is 1. The number of ether oxygens (including phenoxy) is 1. The smallest absolute Gasteiger partial charge is 0.350 e. The number of hydrogen-bond donors (Lipinski definition) is 0. The van der Waals surface area contributed by atoms with Gasteiger partial charge in [-0.25, -0.2) is 14.8 Å². The Kier molecular flexibility index (Phi) is 7.23. The number of nitrogens with zero attached hydrogens (tertiary/aromatic N) is 3. The first-order valence-corrected chi connectivity index (χ1v) is 11.1. The summed E-state index contributed by atoms with van der Waals surface area (Å²) >= 11 is 1.40. The lowest BCUT2D eigenvalue weighted by Crippen LogP contribution is -2.14. The maximum Gasteiger partial charge on any atom is 0.350 e. The quantitative estimate of drug-likeness (QED) is 0.270. The van der Waals surface area contributed by atoms with E-state index in [0.717, 1.165) is 39.5 Å². The molecule has 0 spiro atoms. The van der Waals surface area contributed by atoms with Gasteiger partial charge >= 0.3 is 5.97 Å². The number of thiazole rings is 1. The van der Waals surface area contributed by atoms with Gasteiger partial charge in [-0.05, 0) is 50.5 Å². The van der Waals surface area contributed by atoms with Crippen LogP contribution in [-0.2, 0) is 11.2 Å². The molecular weight excluding hydrogens is 406 g/mol. The molecule has 3 rings (SSSR count). The third-order valence-corrected chi connectivity index (χ3v) is 6.29. The first-order valence-electron chi connectivity index (χ1n) is 10.3. The van der Waals surface area contributed by atoms with Gasteiger partial charge in [0.2, 0.25) is 0 Å². The molecule has 0 saturated carbocycles. The number of esters is 1. The van der Waals surface area contributed by atoms with Gasteiger partial charge in [-0.1, -0.05) is 35.9 Å². The Morgan fingerprint density at radius 1 is 1.16 bits per heavy atom. The molecule has 0 saturated heterocycles. The highest BCUT2D eigenvalue weighted by Crippen LogP contribution is 2.32. The maximum atomic E-state index is 12.4. The van der Waals surface area contributed by atoms with Crippen molar-refractivity contribution >= 4 is 29.3 Å². The number of carbonyl (C=O) groups excluding carboxylic acids is 1. The molecule has 0 aliphatic rings. The molecule has 0 aliphatic heterocycles. The van der Waals surface area contributed by atoms with E-state index < -0.39 is 0 Å². The third-order valence-electron chi connectivity index (χ3n) is 5.26. The van der Waals surface area contributed by atoms with E-state index in [0.29, 0.717) is 17.0 Å². The minimum atomic E-state index is -0.350. The molecule has 1 heterocycles. The van der Waals surface area contributed by atoms with Crippen LogP contribution in [0.1, 0.15) is 43.9 Å². The lowest BCUT2D eigenvalue weighted by molar-refractivity contribution is 0.0607. The minimum Gasteiger partial charge on any atom is -0.465 e. The molecule has 0 amide bonds. The van der Waals surface area contributed by atoms with Crippen LogP contribution in [0.2, 0.25) is 0 Å². The van der Waals surface area contributed by atoms with Gasteiger partial charge in [-0.3, -0.25) is 0 Å². The highest BCUT2D eigenvalue weighted by molar-refractivity contribution is 7.14. The fourth-order valence-electron chi connectivity index (χ4n) is 3.17. The Morgan fingerprint density at radius 2 is 1.87 bits per heavy atom. The average molecular weight is 436 g/mol. The van der Waals surface area contributed by atoms with Gasteiger partial charge in [-0.15, -0.1) is 11.3 Å². The van der Waals surface area contributed by atoms with Crippen molar-refractivity contribution in [1.82, 2.24) is 9.88 Å². The summed E-state index contributed by atoms with van der Waals surface area (Å²) in [5.74, 6) is -0.350. The summed E-state index contributed by atoms with van der Waals surface area (Å²) in [5.41, 5.74) is 7.19. The van der Waals surface area contributed by atoms with Crippen LogP contribution in [0.3, 0.4) is 0 Å². The molecule has 0 N–H and O–H groups in total. The SMILES string of the molecule is CCN(C)C=Nc1cc(C)c(Cc2nc(-c3ccc(C)cc3)c(C(=O)OC)s2)cc1C. The topological polar surface area (TPSA) is 54.8 Å². The number of carbonyl (C=O) groups is 1. The zero-order valence-electron chi connectivity index (χ0n) is 19.0. The van der Waals surface area contributed by atoms with Crippen LogP contribution < -0.4 is 0 Å². The average Bonchev–Trinajstić information content (AvgIpc) is 3.18. The molecule has 0 atom stereocenters. The van der Waals surface area contributed by atoms with E-state index in [1.54, 1.807) is 0 Å². The molecule has 0 radical (unpaired) electrons. The second kappa shape index (κ2) is 9.88. The summed E-state index contributed by atoms with van der Waals surface area (Å²) in [6.45, 7) is 9.20. The van der Waals surface area contributed by atoms with Gasteiger partial charge in [0, 0.05) is 25.6 Å². The Labute approximate surface area is 188 Å². The molecule has 1 aromatic heterocycles. The van der Waals surface area contributed by atoms with E-state index in [1.807, 2.05) is 49.5 Å². The van der Waals surface area contributed by atoms with E-state index in [1.165, 1.54) is 24.0 Å². The second-order valence-electron chi connectivity index (χ2n) is 7.70. The standard InChI is InChI=1S/C25H29N3O2S/c1-7-28(5)15-26-21-13-17(3)20(12-18(21)4)14-22-27-23(24(31-22)25(29)30-6)19-10-8-16(2)9-11-19/h8-13,15H,7,14H2,1-6H3. The number of rotatable bonds is 7. The highest BCUT2D eigenvalue weighted by atomic mass is 32.1. The fraction of sp³-hybridized carbons (Fsp3) is 0.320. The molecular formula is C25H29N3O2S. The molecule has 0 bridgehead atoms. The number of aryl methyl sites for hydroxylation is 3. The summed E-state index contributed by atoms with van der Waals surface area (Å²) in [6, 6.07) is 12.3. The van der Waals surface area contributed by atoms with Gasteiger partial charge in [0.25, 0.3) is 0 Å². The predicted octanol–water partition coefficient (Wildman–Crippen LogP) is 5.72. The fourth-order valence-corrected chi connectivity index (χ4v) is 4.20. The van der Waals surface area contributed by atoms with Crippen LogP contribution in [-0.4, -0.2) is 42.9 Å². The van der Waals surface area contributed by atoms with Crippen molar-refractivity contribution in [3.8, 4) is 11.3 Å². The number of aromatic nitrogens is 1. The number of aliphatic imine (C=N–C) groups is 1. The Hall–Kier alpha value is -2.99. The molecule has 5 nitrogen and oxygen atoms in total. The van der Waals surface area contributed by atoms with Crippen molar-refractivity contribution in [3.63, 3.8) is 0 Å². The van der Waals surface area contributed by atoms with Crippen LogP contribution in [0.5, 0.6) is 0 Å². The van der Waals surface area contributed by atoms with Crippen LogP contribution in [0.4, 0.5) is 5.69 Å². The molecule has 162 valence electrons. The largest absolute Gasteiger partial charge is 0.465 e. The second-order valence-corrected chi connectivity index (χ2v) is 8.79. The first-order chi connectivity index (χ1) is 14.8. The van der Waals surface area contributed by atoms with Crippen molar-refractivity contribution < 1.29 is 9.53 Å². The van der Waals surface area contributed by atoms with Gasteiger partial charge < -0.3 is 9.64 Å². The molecule has 31 heavy (non-hydrogen) atoms. The van der Waals surface area contributed by atoms with Crippen LogP contribution in [0.25, 0.3) is 11.3 Å². The van der Waals surface area contributed by atoms with Crippen molar-refractivity contribution in [1.29, 1.82) is 0 Å². The third kappa shape index (κ3) is 5.39. The van der Waals surface area contributed by atoms with Gasteiger partial charge in [0.05, 0.1) is 29.8 Å². The summed E-state index contributed by atoms with van der Waals surface area (Å²) in [7, 11) is 3.41. The Balaban J connectivity index is 1.94. The molecule has 0 aliphatic carbocycles. The van der Waals surface area contributed by atoms with E-state index in [4.69, 9.17) is 9.72 Å². The Bertz CT molecular complexity index is 1100. The van der Waals surface area contributed by atoms with Crippen LogP contribution >= 0.6 is 11.3 Å². The van der Waals surface area contributed by atoms with E-state index in [9.17, 15) is 4.79 Å². The summed E-state index contributed by atoms with van der Waals surface area (Å²) in [5, 5.41) is 0.889. The lowest BCUT2D eigenvalue weighted by Gasteiger charge is -2.11. The summed E-state index contributed by atoms with van der Waals surface area (Å²) in [4.78, 5) is 24.4. The molecule has 6 heteroatoms. The zero-order chi connectivity index (χ0) is 22.5. The summed E-state index contributed by atoms with van der Waals surface area (Å²) in [6.07, 6.45) is 2.52. The molecule has 2 aromatic carbocycles. The van der Waals surface area contributed by atoms with Crippen molar-refractivity contribution in [2.45, 2.75) is 34.1 Å². The summed E-state index contributed by atoms with van der Waals surface area (Å²) < 4.78 is 5.01. The van der Waals surface area contributed by atoms with Crippen LogP contribution in [0.15, 0.2) is 41.4 Å². The highest BCUT2D eigenvalue weighted by Gasteiger charge is 2.20. The number of benzene rings is 2. The minimum absolute atomic E-state index is 0.350. The van der Waals surface area contributed by atoms with Gasteiger partial charge in [0.1, 0.15) is 4.88 Å². The van der Waals surface area contributed by atoms with E-state index >= 15 is 0 Å². The number of hydrogen-bond acceptors (Lipinski definition) is 5. The van der Waals surface area contributed by atoms with Crippen molar-refractivity contribution in [2.24, 2.45) is 4.99 Å². The van der Waals surface area contributed by atoms with Gasteiger partial charge in [-0.2, -0.15) is 0 Å². The normalized spacial score (nSPS) is 11.2. The monoisotopic (exact) mass is 435 g/mol. The van der Waals surface area contributed by atoms with Crippen molar-refractivity contribution in [3.05, 3.63) is 68.5 Å². The van der Waals surface area contributed by atoms with Gasteiger partial charge in [0.15, 0.2) is 0 Å². The maximum absolute atomic E-state index is 12.4.